The molecule has 0 bridgehead atoms. The second-order valence-corrected chi connectivity index (χ2v) is 18.9. The third kappa shape index (κ3) is 7.49. The number of pyridine rings is 2. The molecule has 2 aromatic carbocycles. The summed E-state index contributed by atoms with van der Waals surface area (Å²) >= 11 is 0. The fourth-order valence-electron chi connectivity index (χ4n) is 7.83. The molecule has 0 saturated carbocycles. The van der Waals surface area contributed by atoms with Gasteiger partial charge in [0.25, 0.3) is 0 Å². The number of aliphatic hydroxyl groups is 1. The third-order valence-corrected chi connectivity index (χ3v) is 14.4. The van der Waals surface area contributed by atoms with Crippen LogP contribution >= 0.6 is 0 Å². The highest BCUT2D eigenvalue weighted by Crippen LogP contribution is 2.39. The van der Waals surface area contributed by atoms with Gasteiger partial charge in [0, 0.05) is 71.2 Å². The number of hydrogen-bond acceptors (Lipinski definition) is 10. The van der Waals surface area contributed by atoms with Crippen molar-refractivity contribution in [2.45, 2.75) is 70.7 Å². The lowest BCUT2D eigenvalue weighted by molar-refractivity contribution is 0.0958. The Kier molecular flexibility index (Phi) is 10.5. The van der Waals surface area contributed by atoms with Crippen LogP contribution in [0.5, 0.6) is 0 Å². The first kappa shape index (κ1) is 36.5. The Morgan fingerprint density at radius 1 is 0.673 bits per heavy atom. The number of ketones is 1. The van der Waals surface area contributed by atoms with Gasteiger partial charge in [0.1, 0.15) is 0 Å². The van der Waals surface area contributed by atoms with Gasteiger partial charge in [-0.2, -0.15) is 0 Å². The van der Waals surface area contributed by atoms with Gasteiger partial charge < -0.3 is 14.6 Å². The molecule has 0 spiro atoms. The number of benzene rings is 2. The zero-order valence-corrected chi connectivity index (χ0v) is 31.1. The van der Waals surface area contributed by atoms with Gasteiger partial charge in [-0.3, -0.25) is 14.8 Å². The molecule has 0 amide bonds. The van der Waals surface area contributed by atoms with Crippen molar-refractivity contribution in [3.63, 3.8) is 0 Å². The minimum absolute atomic E-state index is 0.0837. The lowest BCUT2D eigenvalue weighted by atomic mass is 9.90. The van der Waals surface area contributed by atoms with Crippen LogP contribution in [0, 0.1) is 0 Å². The van der Waals surface area contributed by atoms with E-state index in [9.17, 15) is 26.7 Å². The molecule has 3 atom stereocenters. The summed E-state index contributed by atoms with van der Waals surface area (Å²) in [5.74, 6) is 0.287. The van der Waals surface area contributed by atoms with Gasteiger partial charge in [0.05, 0.1) is 44.0 Å². The Labute approximate surface area is 305 Å². The van der Waals surface area contributed by atoms with E-state index in [0.717, 1.165) is 80.5 Å². The summed E-state index contributed by atoms with van der Waals surface area (Å²) in [6, 6.07) is 12.0. The van der Waals surface area contributed by atoms with Gasteiger partial charge in [0.2, 0.25) is 0 Å². The number of aromatic nitrogens is 2. The molecule has 3 unspecified atom stereocenters. The van der Waals surface area contributed by atoms with Gasteiger partial charge in [-0.05, 0) is 69.3 Å². The van der Waals surface area contributed by atoms with E-state index in [0.29, 0.717) is 32.8 Å². The highest BCUT2D eigenvalue weighted by molar-refractivity contribution is 7.91. The fraction of sp³-hybridized carbons (Fsp3) is 0.425. The molecule has 4 aromatic rings. The summed E-state index contributed by atoms with van der Waals surface area (Å²) in [6.07, 6.45) is 9.81. The van der Waals surface area contributed by atoms with Gasteiger partial charge in [0.15, 0.2) is 25.5 Å². The molecular weight excluding hydrogens is 701 g/mol. The summed E-state index contributed by atoms with van der Waals surface area (Å²) in [4.78, 5) is 20.6. The number of Topliss-reactive ketones (excluding diaryl/α,β-unsaturated/α-hetero) is 1. The summed E-state index contributed by atoms with van der Waals surface area (Å²) in [7, 11) is -6.19. The van der Waals surface area contributed by atoms with E-state index in [1.54, 1.807) is 32.4 Å². The monoisotopic (exact) mass is 744 g/mol. The molecule has 2 aliphatic heterocycles. The molecular formula is C40H44N2O8S2. The lowest BCUT2D eigenvalue weighted by Gasteiger charge is -2.27. The Morgan fingerprint density at radius 3 is 1.77 bits per heavy atom. The summed E-state index contributed by atoms with van der Waals surface area (Å²) in [6.45, 7) is 5.07. The van der Waals surface area contributed by atoms with Crippen LogP contribution in [0.2, 0.25) is 0 Å². The molecule has 4 aliphatic rings. The van der Waals surface area contributed by atoms with E-state index in [1.807, 2.05) is 30.5 Å². The first-order valence-electron chi connectivity index (χ1n) is 17.9. The number of aryl methyl sites for hydroxylation is 2. The van der Waals surface area contributed by atoms with Crippen LogP contribution in [-0.2, 0) is 55.2 Å². The van der Waals surface area contributed by atoms with E-state index < -0.39 is 19.7 Å². The summed E-state index contributed by atoms with van der Waals surface area (Å²) in [5, 5.41) is 10.0. The molecule has 1 N–H and O–H groups in total. The number of sulfone groups is 2. The summed E-state index contributed by atoms with van der Waals surface area (Å²) < 4.78 is 59.8. The van der Waals surface area contributed by atoms with E-state index in [4.69, 9.17) is 9.47 Å². The normalized spacial score (nSPS) is 20.7. The zero-order valence-electron chi connectivity index (χ0n) is 29.5. The van der Waals surface area contributed by atoms with Crippen molar-refractivity contribution in [1.82, 2.24) is 9.97 Å². The van der Waals surface area contributed by atoms with Crippen LogP contribution in [0.3, 0.4) is 0 Å². The second-order valence-electron chi connectivity index (χ2n) is 14.1. The topological polar surface area (TPSA) is 150 Å². The number of carbonyl (C=O) groups excluding carboxylic acids is 1. The average Bonchev–Trinajstić information content (AvgIpc) is 3.72. The van der Waals surface area contributed by atoms with Crippen LogP contribution in [0.1, 0.15) is 93.9 Å². The predicted octanol–water partition coefficient (Wildman–Crippen LogP) is 5.70. The molecule has 0 saturated heterocycles. The molecule has 0 fully saturated rings. The minimum Gasteiger partial charge on any atom is -0.388 e. The first-order valence-corrected chi connectivity index (χ1v) is 21.6. The SMILES string of the molecule is CCS(=O)(=O)CC1COCc2c(-c3ccc4c(c3)CCC4=O)cncc21.CCS(=O)(=O)CC1COCc2c(-c3ccc4c(c3)CCC4O)cncc21. The molecule has 0 radical (unpaired) electrons. The molecule has 52 heavy (non-hydrogen) atoms. The molecule has 274 valence electrons. The van der Waals surface area contributed by atoms with Crippen LogP contribution in [-0.4, -0.2) is 73.9 Å². The smallest absolute Gasteiger partial charge is 0.163 e. The first-order chi connectivity index (χ1) is 25.0. The van der Waals surface area contributed by atoms with Crippen molar-refractivity contribution in [3.05, 3.63) is 106 Å². The average molecular weight is 745 g/mol. The van der Waals surface area contributed by atoms with Gasteiger partial charge in [-0.1, -0.05) is 50.2 Å². The molecule has 2 aromatic heterocycles. The van der Waals surface area contributed by atoms with E-state index in [-0.39, 0.29) is 46.7 Å². The van der Waals surface area contributed by atoms with Crippen LogP contribution in [0.15, 0.2) is 61.2 Å². The third-order valence-electron chi connectivity index (χ3n) is 10.8. The van der Waals surface area contributed by atoms with Crippen LogP contribution in [0.25, 0.3) is 22.3 Å². The molecule has 2 aliphatic carbocycles. The zero-order chi connectivity index (χ0) is 36.6. The predicted molar refractivity (Wildman–Crippen MR) is 199 cm³/mol. The van der Waals surface area contributed by atoms with Crippen molar-refractivity contribution < 1.29 is 36.2 Å². The number of hydrogen-bond donors (Lipinski definition) is 1. The molecule has 8 rings (SSSR count). The number of rotatable bonds is 8. The van der Waals surface area contributed by atoms with Crippen molar-refractivity contribution in [1.29, 1.82) is 0 Å². The summed E-state index contributed by atoms with van der Waals surface area (Å²) in [5.41, 5.74) is 12.1. The number of nitrogens with zero attached hydrogens (tertiary/aromatic N) is 2. The van der Waals surface area contributed by atoms with Crippen molar-refractivity contribution in [2.24, 2.45) is 0 Å². The quantitative estimate of drug-likeness (QED) is 0.238. The van der Waals surface area contributed by atoms with Crippen LogP contribution < -0.4 is 0 Å². The molecule has 4 heterocycles. The largest absolute Gasteiger partial charge is 0.388 e. The number of ether oxygens (including phenoxy) is 2. The Bertz CT molecular complexity index is 2240. The van der Waals surface area contributed by atoms with Crippen molar-refractivity contribution in [2.75, 3.05) is 36.2 Å². The maximum Gasteiger partial charge on any atom is 0.163 e. The number of fused-ring (bicyclic) bond motifs is 4. The van der Waals surface area contributed by atoms with Crippen LogP contribution in [0.4, 0.5) is 0 Å². The highest BCUT2D eigenvalue weighted by atomic mass is 32.2. The van der Waals surface area contributed by atoms with Gasteiger partial charge >= 0.3 is 0 Å². The fourth-order valence-corrected chi connectivity index (χ4v) is 10.1. The number of aliphatic hydroxyl groups excluding tert-OH is 1. The Morgan fingerprint density at radius 2 is 1.21 bits per heavy atom. The van der Waals surface area contributed by atoms with E-state index in [2.05, 4.69) is 22.1 Å². The Hall–Kier alpha value is -3.81. The maximum atomic E-state index is 12.1. The van der Waals surface area contributed by atoms with Gasteiger partial charge in [-0.25, -0.2) is 16.8 Å². The maximum absolute atomic E-state index is 12.1. The molecule has 12 heteroatoms. The van der Waals surface area contributed by atoms with Crippen molar-refractivity contribution in [3.8, 4) is 22.3 Å². The highest BCUT2D eigenvalue weighted by Gasteiger charge is 2.30. The van der Waals surface area contributed by atoms with E-state index in [1.165, 1.54) is 5.56 Å². The van der Waals surface area contributed by atoms with Gasteiger partial charge in [-0.15, -0.1) is 0 Å². The second kappa shape index (κ2) is 14.9. The van der Waals surface area contributed by atoms with Crippen molar-refractivity contribution >= 4 is 25.5 Å². The lowest BCUT2D eigenvalue weighted by Crippen LogP contribution is -2.25. The molecule has 10 nitrogen and oxygen atoms in total. The minimum atomic E-state index is -3.10. The Balaban J connectivity index is 0.000000162. The van der Waals surface area contributed by atoms with E-state index >= 15 is 0 Å². The number of carbonyl (C=O) groups is 1. The standard InChI is InChI=1S/C20H23NO4S.C20H21NO4S/c2*1-2-26(23,24)12-15-10-25-11-19-17(8-21-9-18(15)19)14-3-5-16-13(7-14)4-6-20(16)22/h3,5,7-9,15,20,22H,2,4,6,10-12H2,1H3;3,5,7-9,15H,2,4,6,10-12H2,1H3.